The van der Waals surface area contributed by atoms with Crippen LogP contribution in [0.25, 0.3) is 0 Å². The minimum absolute atomic E-state index is 0.195. The monoisotopic (exact) mass is 287 g/mol. The third-order valence-electron chi connectivity index (χ3n) is 2.43. The first-order valence-corrected chi connectivity index (χ1v) is 7.00. The number of rotatable bonds is 4. The summed E-state index contributed by atoms with van der Waals surface area (Å²) in [6.45, 7) is 10.7. The van der Waals surface area contributed by atoms with E-state index in [2.05, 4.69) is 6.58 Å². The largest absolute Gasteiger partial charge is 0.473 e. The first kappa shape index (κ1) is 15.8. The van der Waals surface area contributed by atoms with Gasteiger partial charge in [0.1, 0.15) is 6.61 Å². The van der Waals surface area contributed by atoms with Crippen LogP contribution >= 0.6 is 11.9 Å². The zero-order chi connectivity index (χ0) is 14.3. The Morgan fingerprint density at radius 3 is 2.47 bits per heavy atom. The lowest BCUT2D eigenvalue weighted by atomic mass is 10.4. The minimum atomic E-state index is -0.299. The maximum absolute atomic E-state index is 11.7. The summed E-state index contributed by atoms with van der Waals surface area (Å²) in [5.41, 5.74) is 0.827. The Kier molecular flexibility index (Phi) is 6.72. The molecule has 108 valence electrons. The summed E-state index contributed by atoms with van der Waals surface area (Å²) in [7, 11) is 0. The molecule has 0 spiro atoms. The Balaban J connectivity index is 2.26. The van der Waals surface area contributed by atoms with Gasteiger partial charge in [-0.25, -0.2) is 9.10 Å². The Morgan fingerprint density at radius 2 is 1.95 bits per heavy atom. The van der Waals surface area contributed by atoms with Crippen molar-refractivity contribution < 1.29 is 14.3 Å². The summed E-state index contributed by atoms with van der Waals surface area (Å²) >= 11 is 1.28. The molecular formula is C12H21N3O3S. The lowest BCUT2D eigenvalue weighted by Crippen LogP contribution is -2.46. The molecule has 1 saturated heterocycles. The molecule has 1 fully saturated rings. The van der Waals surface area contributed by atoms with E-state index < -0.39 is 0 Å². The van der Waals surface area contributed by atoms with Crippen molar-refractivity contribution in [2.75, 3.05) is 39.4 Å². The molecule has 0 atom stereocenters. The highest BCUT2D eigenvalue weighted by molar-refractivity contribution is 8.11. The van der Waals surface area contributed by atoms with E-state index in [1.54, 1.807) is 4.90 Å². The van der Waals surface area contributed by atoms with Crippen LogP contribution in [0.4, 0.5) is 4.79 Å². The standard InChI is InChI=1S/C12H21N3O3S/c1-4-17-11(13)19-15-7-5-14(6-8-15)12(16)18-9-10(2)3/h13H,2,4-9H2,1,3H3. The Hall–Kier alpha value is -1.21. The molecule has 1 aliphatic rings. The van der Waals surface area contributed by atoms with Crippen LogP contribution in [0.5, 0.6) is 0 Å². The van der Waals surface area contributed by atoms with Crippen molar-refractivity contribution in [2.24, 2.45) is 0 Å². The van der Waals surface area contributed by atoms with Gasteiger partial charge in [0.25, 0.3) is 5.23 Å². The summed E-state index contributed by atoms with van der Waals surface area (Å²) < 4.78 is 12.2. The first-order chi connectivity index (χ1) is 9.02. The van der Waals surface area contributed by atoms with Crippen LogP contribution in [0, 0.1) is 5.41 Å². The second-order valence-corrected chi connectivity index (χ2v) is 5.31. The predicted octanol–water partition coefficient (Wildman–Crippen LogP) is 1.94. The molecular weight excluding hydrogens is 266 g/mol. The van der Waals surface area contributed by atoms with E-state index in [1.165, 1.54) is 11.9 Å². The van der Waals surface area contributed by atoms with Gasteiger partial charge in [0.2, 0.25) is 0 Å². The van der Waals surface area contributed by atoms with Gasteiger partial charge in [0.15, 0.2) is 0 Å². The molecule has 1 heterocycles. The van der Waals surface area contributed by atoms with Crippen LogP contribution in [0.2, 0.25) is 0 Å². The third kappa shape index (κ3) is 5.98. The third-order valence-corrected chi connectivity index (χ3v) is 3.33. The topological polar surface area (TPSA) is 65.9 Å². The average molecular weight is 287 g/mol. The highest BCUT2D eigenvalue weighted by Crippen LogP contribution is 2.15. The van der Waals surface area contributed by atoms with Crippen LogP contribution in [-0.2, 0) is 9.47 Å². The van der Waals surface area contributed by atoms with E-state index in [1.807, 2.05) is 18.2 Å². The Bertz CT molecular complexity index is 341. The fourth-order valence-corrected chi connectivity index (χ4v) is 2.26. The zero-order valence-electron chi connectivity index (χ0n) is 11.5. The number of carbonyl (C=O) groups is 1. The van der Waals surface area contributed by atoms with E-state index in [-0.39, 0.29) is 17.9 Å². The molecule has 0 aromatic carbocycles. The molecule has 0 radical (unpaired) electrons. The molecule has 1 rings (SSSR count). The summed E-state index contributed by atoms with van der Waals surface area (Å²) in [4.78, 5) is 13.4. The number of ether oxygens (including phenoxy) is 2. The number of amides is 1. The molecule has 1 amide bonds. The summed E-state index contributed by atoms with van der Waals surface area (Å²) in [5, 5.41) is 7.75. The normalized spacial score (nSPS) is 16.0. The van der Waals surface area contributed by atoms with Crippen molar-refractivity contribution >= 4 is 23.3 Å². The molecule has 0 aromatic heterocycles. The van der Waals surface area contributed by atoms with Gasteiger partial charge in [-0.05, 0) is 19.4 Å². The fourth-order valence-electron chi connectivity index (χ4n) is 1.51. The molecule has 1 N–H and O–H groups in total. The van der Waals surface area contributed by atoms with Crippen LogP contribution in [-0.4, -0.2) is 59.9 Å². The minimum Gasteiger partial charge on any atom is -0.473 e. The average Bonchev–Trinajstić information content (AvgIpc) is 2.37. The first-order valence-electron chi connectivity index (χ1n) is 6.23. The Labute approximate surface area is 118 Å². The van der Waals surface area contributed by atoms with Gasteiger partial charge in [-0.3, -0.25) is 5.41 Å². The highest BCUT2D eigenvalue weighted by atomic mass is 32.2. The van der Waals surface area contributed by atoms with E-state index >= 15 is 0 Å². The number of hydrogen-bond acceptors (Lipinski definition) is 6. The molecule has 0 aliphatic carbocycles. The summed E-state index contributed by atoms with van der Waals surface area (Å²) in [6.07, 6.45) is -0.299. The number of carbonyl (C=O) groups excluding carboxylic acids is 1. The molecule has 7 heteroatoms. The molecule has 1 aliphatic heterocycles. The van der Waals surface area contributed by atoms with Gasteiger partial charge in [0.05, 0.1) is 6.61 Å². The molecule has 0 saturated carbocycles. The van der Waals surface area contributed by atoms with Gasteiger partial charge >= 0.3 is 6.09 Å². The van der Waals surface area contributed by atoms with Crippen LogP contribution in [0.1, 0.15) is 13.8 Å². The van der Waals surface area contributed by atoms with Gasteiger partial charge in [-0.2, -0.15) is 0 Å². The van der Waals surface area contributed by atoms with Crippen LogP contribution in [0.3, 0.4) is 0 Å². The van der Waals surface area contributed by atoms with E-state index in [4.69, 9.17) is 14.9 Å². The molecule has 0 aromatic rings. The Morgan fingerprint density at radius 1 is 1.32 bits per heavy atom. The van der Waals surface area contributed by atoms with Gasteiger partial charge in [-0.1, -0.05) is 6.58 Å². The van der Waals surface area contributed by atoms with Crippen molar-refractivity contribution in [2.45, 2.75) is 13.8 Å². The van der Waals surface area contributed by atoms with Crippen molar-refractivity contribution in [3.05, 3.63) is 12.2 Å². The second-order valence-electron chi connectivity index (χ2n) is 4.24. The number of nitrogens with zero attached hydrogens (tertiary/aromatic N) is 2. The fraction of sp³-hybridized carbons (Fsp3) is 0.667. The molecule has 0 unspecified atom stereocenters. The zero-order valence-corrected chi connectivity index (χ0v) is 12.3. The SMILES string of the molecule is C=C(C)COC(=O)N1CCN(SC(=N)OCC)CC1. The summed E-state index contributed by atoms with van der Waals surface area (Å²) in [5.74, 6) is 0. The lowest BCUT2D eigenvalue weighted by Gasteiger charge is -2.32. The molecule has 0 bridgehead atoms. The molecule has 19 heavy (non-hydrogen) atoms. The number of piperazine rings is 1. The van der Waals surface area contributed by atoms with E-state index in [9.17, 15) is 4.79 Å². The predicted molar refractivity (Wildman–Crippen MR) is 76.3 cm³/mol. The van der Waals surface area contributed by atoms with E-state index in [0.29, 0.717) is 32.8 Å². The maximum atomic E-state index is 11.7. The summed E-state index contributed by atoms with van der Waals surface area (Å²) in [6, 6.07) is 0. The second kappa shape index (κ2) is 8.06. The smallest absolute Gasteiger partial charge is 0.410 e. The van der Waals surface area contributed by atoms with E-state index in [0.717, 1.165) is 5.57 Å². The number of nitrogens with one attached hydrogen (secondary N) is 1. The highest BCUT2D eigenvalue weighted by Gasteiger charge is 2.23. The van der Waals surface area contributed by atoms with Gasteiger partial charge in [0, 0.05) is 38.1 Å². The van der Waals surface area contributed by atoms with Crippen molar-refractivity contribution in [1.82, 2.24) is 9.21 Å². The van der Waals surface area contributed by atoms with Gasteiger partial charge in [-0.15, -0.1) is 0 Å². The lowest BCUT2D eigenvalue weighted by molar-refractivity contribution is 0.0976. The quantitative estimate of drug-likeness (QED) is 0.370. The van der Waals surface area contributed by atoms with Crippen LogP contribution in [0.15, 0.2) is 12.2 Å². The van der Waals surface area contributed by atoms with Crippen molar-refractivity contribution in [3.8, 4) is 0 Å². The van der Waals surface area contributed by atoms with Gasteiger partial charge < -0.3 is 14.4 Å². The van der Waals surface area contributed by atoms with Crippen molar-refractivity contribution in [1.29, 1.82) is 5.41 Å². The van der Waals surface area contributed by atoms with Crippen LogP contribution < -0.4 is 0 Å². The van der Waals surface area contributed by atoms with Crippen molar-refractivity contribution in [3.63, 3.8) is 0 Å². The molecule has 6 nitrogen and oxygen atoms in total. The maximum Gasteiger partial charge on any atom is 0.410 e. The number of hydrogen-bond donors (Lipinski definition) is 1.